The van der Waals surface area contributed by atoms with Crippen molar-refractivity contribution >= 4 is 17.1 Å². The number of hydrogen-bond donors (Lipinski definition) is 0. The van der Waals surface area contributed by atoms with Crippen LogP contribution >= 0.6 is 0 Å². The average Bonchev–Trinajstić information content (AvgIpc) is 3.42. The topological polar surface area (TPSA) is 103 Å². The van der Waals surface area contributed by atoms with Gasteiger partial charge in [0.05, 0.1) is 6.33 Å². The third kappa shape index (κ3) is 3.99. The number of hydrogen-bond acceptors (Lipinski definition) is 6. The van der Waals surface area contributed by atoms with E-state index in [0.29, 0.717) is 19.0 Å². The molecule has 3 aromatic rings. The summed E-state index contributed by atoms with van der Waals surface area (Å²) in [5, 5.41) is 0. The molecule has 3 aromatic heterocycles. The second-order valence-electron chi connectivity index (χ2n) is 8.61. The zero-order chi connectivity index (χ0) is 23.0. The highest BCUT2D eigenvalue weighted by Crippen LogP contribution is 2.12. The number of carbonyl (C=O) groups excluding carboxylic acids is 1. The van der Waals surface area contributed by atoms with Crippen LogP contribution in [0.3, 0.4) is 0 Å². The number of carbonyl (C=O) groups is 1. The number of nitrogens with zero attached hydrogens (tertiary/aromatic N) is 8. The van der Waals surface area contributed by atoms with Crippen molar-refractivity contribution in [2.75, 3.05) is 32.7 Å². The maximum atomic E-state index is 12.9. The van der Waals surface area contributed by atoms with Crippen molar-refractivity contribution in [1.29, 1.82) is 0 Å². The van der Waals surface area contributed by atoms with Gasteiger partial charge in [-0.25, -0.2) is 14.8 Å². The number of aryl methyl sites for hydroxylation is 1. The fourth-order valence-electron chi connectivity index (χ4n) is 4.24. The summed E-state index contributed by atoms with van der Waals surface area (Å²) in [5.41, 5.74) is -0.330. The Balaban J connectivity index is 1.37. The summed E-state index contributed by atoms with van der Waals surface area (Å²) >= 11 is 0. The van der Waals surface area contributed by atoms with Crippen molar-refractivity contribution in [2.45, 2.75) is 32.9 Å². The van der Waals surface area contributed by atoms with Crippen LogP contribution < -0.4 is 11.2 Å². The van der Waals surface area contributed by atoms with Gasteiger partial charge in [0, 0.05) is 71.7 Å². The molecule has 172 valence electrons. The van der Waals surface area contributed by atoms with E-state index in [0.717, 1.165) is 36.6 Å². The summed E-state index contributed by atoms with van der Waals surface area (Å²) in [6, 6.07) is 0. The van der Waals surface area contributed by atoms with Crippen LogP contribution in [0.15, 0.2) is 28.3 Å². The predicted molar refractivity (Wildman–Crippen MR) is 120 cm³/mol. The van der Waals surface area contributed by atoms with E-state index in [4.69, 9.17) is 0 Å². The summed E-state index contributed by atoms with van der Waals surface area (Å²) in [6.45, 7) is 8.99. The molecule has 11 nitrogen and oxygen atoms in total. The summed E-state index contributed by atoms with van der Waals surface area (Å²) < 4.78 is 6.09. The summed E-state index contributed by atoms with van der Waals surface area (Å²) in [5.74, 6) is 1.42. The van der Waals surface area contributed by atoms with E-state index in [9.17, 15) is 14.4 Å². The number of piperazine rings is 1. The zero-order valence-corrected chi connectivity index (χ0v) is 19.1. The first-order valence-electron chi connectivity index (χ1n) is 10.9. The molecule has 0 aliphatic carbocycles. The SMILES string of the molecule is CC(C)c1nccn1CCN1CCN(C(=O)Cn2cnc3c2c(=O)n(C)c(=O)n3C)CC1. The van der Waals surface area contributed by atoms with E-state index in [1.807, 2.05) is 17.3 Å². The highest BCUT2D eigenvalue weighted by molar-refractivity contribution is 5.79. The van der Waals surface area contributed by atoms with Crippen molar-refractivity contribution in [3.63, 3.8) is 0 Å². The quantitative estimate of drug-likeness (QED) is 0.515. The molecule has 1 amide bonds. The fraction of sp³-hybridized carbons (Fsp3) is 0.571. The van der Waals surface area contributed by atoms with Gasteiger partial charge in [-0.15, -0.1) is 0 Å². The molecule has 4 rings (SSSR count). The van der Waals surface area contributed by atoms with E-state index in [-0.39, 0.29) is 23.6 Å². The predicted octanol–water partition coefficient (Wildman–Crippen LogP) is -0.402. The van der Waals surface area contributed by atoms with Gasteiger partial charge in [0.15, 0.2) is 11.2 Å². The minimum atomic E-state index is -0.446. The summed E-state index contributed by atoms with van der Waals surface area (Å²) in [7, 11) is 2.99. The standard InChI is InChI=1S/C21H30N8O3/c1-15(2)18-22-5-6-28(18)12-9-26-7-10-27(11-8-26)16(30)13-29-14-23-19-17(29)20(31)25(4)21(32)24(19)3/h5-6,14-15H,7-13H2,1-4H3. The number of rotatable bonds is 6. The molecule has 0 radical (unpaired) electrons. The van der Waals surface area contributed by atoms with Gasteiger partial charge in [-0.05, 0) is 0 Å². The van der Waals surface area contributed by atoms with Gasteiger partial charge in [-0.2, -0.15) is 0 Å². The smallest absolute Gasteiger partial charge is 0.332 e. The van der Waals surface area contributed by atoms with Gasteiger partial charge < -0.3 is 14.0 Å². The van der Waals surface area contributed by atoms with Crippen molar-refractivity contribution in [3.05, 3.63) is 45.4 Å². The molecule has 0 spiro atoms. The first-order valence-corrected chi connectivity index (χ1v) is 10.9. The molecule has 0 unspecified atom stereocenters. The van der Waals surface area contributed by atoms with Gasteiger partial charge in [0.1, 0.15) is 12.4 Å². The lowest BCUT2D eigenvalue weighted by molar-refractivity contribution is -0.133. The van der Waals surface area contributed by atoms with Crippen molar-refractivity contribution < 1.29 is 4.79 Å². The lowest BCUT2D eigenvalue weighted by Crippen LogP contribution is -2.50. The lowest BCUT2D eigenvalue weighted by atomic mass is 10.2. The van der Waals surface area contributed by atoms with Crippen LogP contribution in [0.4, 0.5) is 0 Å². The monoisotopic (exact) mass is 442 g/mol. The number of fused-ring (bicyclic) bond motifs is 1. The molecule has 1 aliphatic rings. The average molecular weight is 443 g/mol. The molecule has 32 heavy (non-hydrogen) atoms. The van der Waals surface area contributed by atoms with E-state index < -0.39 is 11.2 Å². The van der Waals surface area contributed by atoms with Gasteiger partial charge in [0.2, 0.25) is 5.91 Å². The second kappa shape index (κ2) is 8.73. The summed E-state index contributed by atoms with van der Waals surface area (Å²) in [6.07, 6.45) is 5.32. The molecule has 1 aliphatic heterocycles. The number of aromatic nitrogens is 6. The Morgan fingerprint density at radius 3 is 2.41 bits per heavy atom. The third-order valence-electron chi connectivity index (χ3n) is 6.17. The third-order valence-corrected chi connectivity index (χ3v) is 6.17. The highest BCUT2D eigenvalue weighted by Gasteiger charge is 2.23. The van der Waals surface area contributed by atoms with Crippen molar-refractivity contribution in [2.24, 2.45) is 14.1 Å². The van der Waals surface area contributed by atoms with Crippen molar-refractivity contribution in [3.8, 4) is 0 Å². The van der Waals surface area contributed by atoms with Crippen LogP contribution in [0.25, 0.3) is 11.2 Å². The Hall–Kier alpha value is -3.21. The maximum Gasteiger partial charge on any atom is 0.332 e. The Kier molecular flexibility index (Phi) is 6.00. The number of imidazole rings is 2. The zero-order valence-electron chi connectivity index (χ0n) is 19.1. The molecular formula is C21H30N8O3. The minimum Gasteiger partial charge on any atom is -0.339 e. The highest BCUT2D eigenvalue weighted by atomic mass is 16.2. The van der Waals surface area contributed by atoms with Crippen LogP contribution in [0.1, 0.15) is 25.6 Å². The molecule has 1 saturated heterocycles. The fourth-order valence-corrected chi connectivity index (χ4v) is 4.24. The van der Waals surface area contributed by atoms with E-state index in [2.05, 4.69) is 33.3 Å². The molecule has 0 saturated carbocycles. The Morgan fingerprint density at radius 2 is 1.72 bits per heavy atom. The first-order chi connectivity index (χ1) is 15.3. The van der Waals surface area contributed by atoms with Gasteiger partial charge in [-0.3, -0.25) is 23.6 Å². The molecule has 0 bridgehead atoms. The van der Waals surface area contributed by atoms with Gasteiger partial charge in [-0.1, -0.05) is 13.8 Å². The van der Waals surface area contributed by atoms with Crippen LogP contribution in [-0.2, 0) is 32.0 Å². The second-order valence-corrected chi connectivity index (χ2v) is 8.61. The maximum absolute atomic E-state index is 12.9. The lowest BCUT2D eigenvalue weighted by Gasteiger charge is -2.35. The molecule has 11 heteroatoms. The largest absolute Gasteiger partial charge is 0.339 e. The Morgan fingerprint density at radius 1 is 1.00 bits per heavy atom. The Bertz CT molecular complexity index is 1240. The van der Waals surface area contributed by atoms with Crippen molar-refractivity contribution in [1.82, 2.24) is 38.0 Å². The van der Waals surface area contributed by atoms with E-state index in [1.54, 1.807) is 7.05 Å². The van der Waals surface area contributed by atoms with E-state index >= 15 is 0 Å². The van der Waals surface area contributed by atoms with Crippen LogP contribution in [0.5, 0.6) is 0 Å². The van der Waals surface area contributed by atoms with Gasteiger partial charge in [0.25, 0.3) is 5.56 Å². The normalized spacial score (nSPS) is 15.2. The van der Waals surface area contributed by atoms with E-state index in [1.165, 1.54) is 22.5 Å². The molecule has 0 N–H and O–H groups in total. The molecule has 1 fully saturated rings. The molecule has 4 heterocycles. The van der Waals surface area contributed by atoms with Crippen LogP contribution in [0, 0.1) is 0 Å². The van der Waals surface area contributed by atoms with Crippen LogP contribution in [-0.4, -0.2) is 76.7 Å². The number of amides is 1. The summed E-state index contributed by atoms with van der Waals surface area (Å²) in [4.78, 5) is 50.4. The van der Waals surface area contributed by atoms with Gasteiger partial charge >= 0.3 is 5.69 Å². The molecule has 0 aromatic carbocycles. The Labute approximate surface area is 185 Å². The molecular weight excluding hydrogens is 412 g/mol. The minimum absolute atomic E-state index is 0.0245. The van der Waals surface area contributed by atoms with Crippen LogP contribution in [0.2, 0.25) is 0 Å². The molecule has 0 atom stereocenters. The first kappa shape index (κ1) is 22.0.